The molecule has 6 heteroatoms. The van der Waals surface area contributed by atoms with Crippen molar-refractivity contribution in [1.29, 1.82) is 0 Å². The van der Waals surface area contributed by atoms with Crippen molar-refractivity contribution in [3.8, 4) is 0 Å². The zero-order valence-corrected chi connectivity index (χ0v) is 11.1. The van der Waals surface area contributed by atoms with Crippen molar-refractivity contribution in [2.24, 2.45) is 5.92 Å². The van der Waals surface area contributed by atoms with E-state index in [4.69, 9.17) is 9.84 Å². The first-order chi connectivity index (χ1) is 8.54. The highest BCUT2D eigenvalue weighted by atomic mass is 16.6. The van der Waals surface area contributed by atoms with Crippen LogP contribution in [0.4, 0.5) is 4.79 Å². The summed E-state index contributed by atoms with van der Waals surface area (Å²) in [6.45, 7) is 5.98. The molecule has 0 aromatic rings. The molecule has 2 amide bonds. The van der Waals surface area contributed by atoms with E-state index in [2.05, 4.69) is 0 Å². The number of carbonyl (C=O) groups is 2. The Morgan fingerprint density at radius 3 is 2.22 bits per heavy atom. The molecule has 1 aliphatic heterocycles. The van der Waals surface area contributed by atoms with Gasteiger partial charge in [0, 0.05) is 32.6 Å². The lowest BCUT2D eigenvalue weighted by Crippen LogP contribution is -2.51. The highest BCUT2D eigenvalue weighted by Gasteiger charge is 2.24. The average Bonchev–Trinajstić information content (AvgIpc) is 2.35. The number of aliphatic hydroxyl groups is 1. The molecule has 1 fully saturated rings. The van der Waals surface area contributed by atoms with Crippen molar-refractivity contribution in [2.45, 2.75) is 20.3 Å². The fourth-order valence-electron chi connectivity index (χ4n) is 1.84. The van der Waals surface area contributed by atoms with Gasteiger partial charge in [-0.1, -0.05) is 13.8 Å². The number of piperazine rings is 1. The molecule has 0 aromatic carbocycles. The van der Waals surface area contributed by atoms with Gasteiger partial charge in [-0.25, -0.2) is 4.79 Å². The summed E-state index contributed by atoms with van der Waals surface area (Å²) in [5.41, 5.74) is 0. The van der Waals surface area contributed by atoms with Crippen LogP contribution in [0.5, 0.6) is 0 Å². The molecule has 0 saturated carbocycles. The number of rotatable bonds is 4. The largest absolute Gasteiger partial charge is 0.447 e. The summed E-state index contributed by atoms with van der Waals surface area (Å²) < 4.78 is 4.82. The maximum atomic E-state index is 11.8. The molecule has 0 spiro atoms. The molecular formula is C12H22N2O4. The topological polar surface area (TPSA) is 70.1 Å². The standard InChI is InChI=1S/C12H22N2O4/c1-10(2)9-11(16)13-3-5-14(6-4-13)12(17)18-8-7-15/h10,15H,3-9H2,1-2H3. The van der Waals surface area contributed by atoms with Crippen LogP contribution in [0.25, 0.3) is 0 Å². The maximum Gasteiger partial charge on any atom is 0.409 e. The summed E-state index contributed by atoms with van der Waals surface area (Å²) in [4.78, 5) is 26.7. The first kappa shape index (κ1) is 14.8. The summed E-state index contributed by atoms with van der Waals surface area (Å²) in [7, 11) is 0. The molecule has 1 rings (SSSR count). The first-order valence-corrected chi connectivity index (χ1v) is 6.35. The number of ether oxygens (including phenoxy) is 1. The first-order valence-electron chi connectivity index (χ1n) is 6.35. The summed E-state index contributed by atoms with van der Waals surface area (Å²) in [6.07, 6.45) is 0.134. The normalized spacial score (nSPS) is 16.0. The second kappa shape index (κ2) is 7.20. The molecule has 18 heavy (non-hydrogen) atoms. The molecule has 0 unspecified atom stereocenters. The molecule has 0 radical (unpaired) electrons. The minimum atomic E-state index is -0.417. The summed E-state index contributed by atoms with van der Waals surface area (Å²) in [5, 5.41) is 8.56. The van der Waals surface area contributed by atoms with Crippen molar-refractivity contribution < 1.29 is 19.4 Å². The highest BCUT2D eigenvalue weighted by molar-refractivity contribution is 5.77. The second-order valence-corrected chi connectivity index (χ2v) is 4.80. The minimum absolute atomic E-state index is 0.0192. The lowest BCUT2D eigenvalue weighted by Gasteiger charge is -2.34. The van der Waals surface area contributed by atoms with Gasteiger partial charge in [0.2, 0.25) is 5.91 Å². The van der Waals surface area contributed by atoms with Crippen LogP contribution in [-0.4, -0.2) is 66.3 Å². The summed E-state index contributed by atoms with van der Waals surface area (Å²) in [5.74, 6) is 0.499. The van der Waals surface area contributed by atoms with E-state index in [0.29, 0.717) is 38.5 Å². The fourth-order valence-corrected chi connectivity index (χ4v) is 1.84. The smallest absolute Gasteiger partial charge is 0.409 e. The number of carbonyl (C=O) groups excluding carboxylic acids is 2. The maximum absolute atomic E-state index is 11.8. The lowest BCUT2D eigenvalue weighted by atomic mass is 10.1. The Kier molecular flexibility index (Phi) is 5.91. The van der Waals surface area contributed by atoms with Gasteiger partial charge in [-0.05, 0) is 5.92 Å². The third-order valence-electron chi connectivity index (χ3n) is 2.79. The van der Waals surface area contributed by atoms with E-state index in [-0.39, 0.29) is 19.1 Å². The van der Waals surface area contributed by atoms with E-state index in [1.165, 1.54) is 0 Å². The molecule has 104 valence electrons. The van der Waals surface area contributed by atoms with Gasteiger partial charge < -0.3 is 19.6 Å². The van der Waals surface area contributed by atoms with Crippen molar-refractivity contribution in [1.82, 2.24) is 9.80 Å². The number of nitrogens with zero attached hydrogens (tertiary/aromatic N) is 2. The van der Waals surface area contributed by atoms with Gasteiger partial charge in [0.25, 0.3) is 0 Å². The summed E-state index contributed by atoms with van der Waals surface area (Å²) >= 11 is 0. The number of hydrogen-bond acceptors (Lipinski definition) is 4. The molecule has 0 aliphatic carbocycles. The van der Waals surface area contributed by atoms with E-state index in [0.717, 1.165) is 0 Å². The molecule has 1 aliphatic rings. The Morgan fingerprint density at radius 2 is 1.72 bits per heavy atom. The fraction of sp³-hybridized carbons (Fsp3) is 0.833. The Balaban J connectivity index is 2.32. The van der Waals surface area contributed by atoms with Crippen molar-refractivity contribution >= 4 is 12.0 Å². The van der Waals surface area contributed by atoms with E-state index >= 15 is 0 Å². The Hall–Kier alpha value is -1.30. The van der Waals surface area contributed by atoms with E-state index in [1.54, 1.807) is 9.80 Å². The molecule has 1 saturated heterocycles. The number of hydrogen-bond donors (Lipinski definition) is 1. The zero-order chi connectivity index (χ0) is 13.5. The van der Waals surface area contributed by atoms with Crippen LogP contribution in [0.1, 0.15) is 20.3 Å². The Bertz CT molecular complexity index is 286. The van der Waals surface area contributed by atoms with Gasteiger partial charge in [-0.2, -0.15) is 0 Å². The monoisotopic (exact) mass is 258 g/mol. The highest BCUT2D eigenvalue weighted by Crippen LogP contribution is 2.08. The van der Waals surface area contributed by atoms with Crippen molar-refractivity contribution in [2.75, 3.05) is 39.4 Å². The number of amides is 2. The van der Waals surface area contributed by atoms with Crippen molar-refractivity contribution in [3.63, 3.8) is 0 Å². The molecule has 0 atom stereocenters. The van der Waals surface area contributed by atoms with Crippen LogP contribution in [0.2, 0.25) is 0 Å². The molecule has 1 N–H and O–H groups in total. The van der Waals surface area contributed by atoms with Gasteiger partial charge in [0.05, 0.1) is 6.61 Å². The zero-order valence-electron chi connectivity index (χ0n) is 11.1. The summed E-state index contributed by atoms with van der Waals surface area (Å²) in [6, 6.07) is 0. The average molecular weight is 258 g/mol. The Morgan fingerprint density at radius 1 is 1.17 bits per heavy atom. The van der Waals surface area contributed by atoms with Crippen molar-refractivity contribution in [3.05, 3.63) is 0 Å². The van der Waals surface area contributed by atoms with Crippen LogP contribution in [0.15, 0.2) is 0 Å². The minimum Gasteiger partial charge on any atom is -0.447 e. The van der Waals surface area contributed by atoms with Crippen LogP contribution >= 0.6 is 0 Å². The SMILES string of the molecule is CC(C)CC(=O)N1CCN(C(=O)OCCO)CC1. The molecule has 6 nitrogen and oxygen atoms in total. The molecule has 1 heterocycles. The van der Waals surface area contributed by atoms with Gasteiger partial charge in [-0.3, -0.25) is 4.79 Å². The van der Waals surface area contributed by atoms with E-state index in [1.807, 2.05) is 13.8 Å². The van der Waals surface area contributed by atoms with Crippen LogP contribution in [0, 0.1) is 5.92 Å². The van der Waals surface area contributed by atoms with Crippen LogP contribution in [-0.2, 0) is 9.53 Å². The lowest BCUT2D eigenvalue weighted by molar-refractivity contribution is -0.133. The third kappa shape index (κ3) is 4.52. The van der Waals surface area contributed by atoms with Gasteiger partial charge in [-0.15, -0.1) is 0 Å². The predicted molar refractivity (Wildman–Crippen MR) is 66.0 cm³/mol. The molecule has 0 bridgehead atoms. The second-order valence-electron chi connectivity index (χ2n) is 4.80. The molecule has 0 aromatic heterocycles. The quantitative estimate of drug-likeness (QED) is 0.787. The third-order valence-corrected chi connectivity index (χ3v) is 2.79. The predicted octanol–water partition coefficient (Wildman–Crippen LogP) is 0.306. The van der Waals surface area contributed by atoms with Gasteiger partial charge in [0.1, 0.15) is 6.61 Å². The van der Waals surface area contributed by atoms with Gasteiger partial charge >= 0.3 is 6.09 Å². The number of aliphatic hydroxyl groups excluding tert-OH is 1. The van der Waals surface area contributed by atoms with Crippen LogP contribution < -0.4 is 0 Å². The van der Waals surface area contributed by atoms with Crippen LogP contribution in [0.3, 0.4) is 0 Å². The molecular weight excluding hydrogens is 236 g/mol. The van der Waals surface area contributed by atoms with E-state index < -0.39 is 6.09 Å². The Labute approximate surface area is 107 Å². The van der Waals surface area contributed by atoms with Gasteiger partial charge in [0.15, 0.2) is 0 Å². The van der Waals surface area contributed by atoms with E-state index in [9.17, 15) is 9.59 Å².